The van der Waals surface area contributed by atoms with E-state index in [4.69, 9.17) is 4.74 Å². The predicted octanol–water partition coefficient (Wildman–Crippen LogP) is 5.94. The van der Waals surface area contributed by atoms with Crippen LogP contribution in [0.2, 0.25) is 0 Å². The Bertz CT molecular complexity index is 1360. The smallest absolute Gasteiger partial charge is 0.295 e. The highest BCUT2D eigenvalue weighted by molar-refractivity contribution is 6.46. The maximum absolute atomic E-state index is 14.1. The molecule has 1 aliphatic heterocycles. The molecule has 1 fully saturated rings. The van der Waals surface area contributed by atoms with Crippen molar-refractivity contribution in [3.8, 4) is 5.75 Å². The van der Waals surface area contributed by atoms with Crippen LogP contribution in [0.5, 0.6) is 5.75 Å². The number of ketones is 1. The highest BCUT2D eigenvalue weighted by Gasteiger charge is 2.46. The van der Waals surface area contributed by atoms with Crippen molar-refractivity contribution in [3.63, 3.8) is 0 Å². The molecule has 1 amide bonds. The third kappa shape index (κ3) is 5.26. The first-order valence-electron chi connectivity index (χ1n) is 12.0. The van der Waals surface area contributed by atoms with Crippen molar-refractivity contribution in [2.24, 2.45) is 0 Å². The molecule has 1 unspecified atom stereocenters. The average Bonchev–Trinajstić information content (AvgIpc) is 3.12. The van der Waals surface area contributed by atoms with Gasteiger partial charge in [-0.05, 0) is 58.9 Å². The highest BCUT2D eigenvalue weighted by Crippen LogP contribution is 2.41. The summed E-state index contributed by atoms with van der Waals surface area (Å²) in [6, 6.07) is 16.1. The Hall–Kier alpha value is -4.00. The van der Waals surface area contributed by atoms with Gasteiger partial charge in [0.25, 0.3) is 11.7 Å². The van der Waals surface area contributed by atoms with Gasteiger partial charge in [0.1, 0.15) is 23.1 Å². The molecule has 1 saturated heterocycles. The van der Waals surface area contributed by atoms with Crippen molar-refractivity contribution >= 4 is 17.4 Å². The normalized spacial score (nSPS) is 17.4. The summed E-state index contributed by atoms with van der Waals surface area (Å²) >= 11 is 0. The van der Waals surface area contributed by atoms with Gasteiger partial charge in [-0.1, -0.05) is 57.2 Å². The molecule has 5 nitrogen and oxygen atoms in total. The molecule has 0 spiro atoms. The quantitative estimate of drug-likeness (QED) is 0.256. The zero-order chi connectivity index (χ0) is 26.9. The standard InChI is InChI=1S/C30H29F2NO4/c1-30(2,3)20-9-7-19(8-10-20)26-25(27(34)23-17-22(32)13-14-24(23)37-4)28(35)29(36)33(26)16-15-18-5-11-21(31)12-6-18/h5-14,17,26,34H,15-16H2,1-4H3/b27-25+. The number of benzene rings is 3. The number of aliphatic hydroxyl groups excluding tert-OH is 1. The number of carbonyl (C=O) groups excluding carboxylic acids is 2. The molecule has 0 radical (unpaired) electrons. The SMILES string of the molecule is COc1ccc(F)cc1/C(O)=C1\C(=O)C(=O)N(CCc2ccc(F)cc2)C1c1ccc(C(C)(C)C)cc1. The predicted molar refractivity (Wildman–Crippen MR) is 137 cm³/mol. The van der Waals surface area contributed by atoms with Crippen LogP contribution >= 0.6 is 0 Å². The van der Waals surface area contributed by atoms with E-state index in [0.29, 0.717) is 12.0 Å². The number of halogens is 2. The molecule has 1 N–H and O–H groups in total. The van der Waals surface area contributed by atoms with Gasteiger partial charge in [0, 0.05) is 6.54 Å². The second kappa shape index (κ2) is 10.2. The Morgan fingerprint density at radius 2 is 1.57 bits per heavy atom. The monoisotopic (exact) mass is 505 g/mol. The summed E-state index contributed by atoms with van der Waals surface area (Å²) < 4.78 is 32.7. The molecule has 0 saturated carbocycles. The Labute approximate surface area is 215 Å². The van der Waals surface area contributed by atoms with Crippen LogP contribution in [0.1, 0.15) is 49.1 Å². The summed E-state index contributed by atoms with van der Waals surface area (Å²) in [6.07, 6.45) is 0.368. The summed E-state index contributed by atoms with van der Waals surface area (Å²) in [5.74, 6) is -2.98. The van der Waals surface area contributed by atoms with E-state index < -0.39 is 29.3 Å². The van der Waals surface area contributed by atoms with Gasteiger partial charge >= 0.3 is 0 Å². The van der Waals surface area contributed by atoms with E-state index in [9.17, 15) is 23.5 Å². The van der Waals surface area contributed by atoms with E-state index in [1.165, 1.54) is 36.3 Å². The number of carbonyl (C=O) groups is 2. The van der Waals surface area contributed by atoms with Crippen LogP contribution in [0.4, 0.5) is 8.78 Å². The summed E-state index contributed by atoms with van der Waals surface area (Å²) in [4.78, 5) is 27.9. The second-order valence-corrected chi connectivity index (χ2v) is 10.1. The number of likely N-dealkylation sites (tertiary alicyclic amines) is 1. The lowest BCUT2D eigenvalue weighted by molar-refractivity contribution is -0.139. The number of nitrogens with zero attached hydrogens (tertiary/aromatic N) is 1. The highest BCUT2D eigenvalue weighted by atomic mass is 19.1. The molecule has 3 aromatic carbocycles. The van der Waals surface area contributed by atoms with Gasteiger partial charge in [0.05, 0.1) is 24.3 Å². The molecule has 1 heterocycles. The van der Waals surface area contributed by atoms with Crippen LogP contribution in [0.3, 0.4) is 0 Å². The molecular formula is C30H29F2NO4. The maximum Gasteiger partial charge on any atom is 0.295 e. The lowest BCUT2D eigenvalue weighted by Crippen LogP contribution is -2.31. The largest absolute Gasteiger partial charge is 0.507 e. The fourth-order valence-corrected chi connectivity index (χ4v) is 4.53. The molecule has 1 atom stereocenters. The van der Waals surface area contributed by atoms with Crippen molar-refractivity contribution < 1.29 is 28.2 Å². The first kappa shape index (κ1) is 26.1. The molecular weight excluding hydrogens is 476 g/mol. The second-order valence-electron chi connectivity index (χ2n) is 10.1. The number of Topliss-reactive ketones (excluding diaryl/α,β-unsaturated/α-hetero) is 1. The maximum atomic E-state index is 14.1. The van der Waals surface area contributed by atoms with Crippen molar-refractivity contribution in [1.29, 1.82) is 0 Å². The molecule has 0 aliphatic carbocycles. The minimum atomic E-state index is -0.901. The number of methoxy groups -OCH3 is 1. The van der Waals surface area contributed by atoms with Gasteiger partial charge in [0.15, 0.2) is 0 Å². The van der Waals surface area contributed by atoms with E-state index in [2.05, 4.69) is 20.8 Å². The molecule has 0 aromatic heterocycles. The van der Waals surface area contributed by atoms with Crippen LogP contribution in [0.25, 0.3) is 5.76 Å². The fraction of sp³-hybridized carbons (Fsp3) is 0.267. The van der Waals surface area contributed by atoms with Crippen LogP contribution < -0.4 is 4.74 Å². The molecule has 1 aliphatic rings. The number of rotatable bonds is 6. The van der Waals surface area contributed by atoms with Crippen molar-refractivity contribution in [2.45, 2.75) is 38.6 Å². The van der Waals surface area contributed by atoms with Crippen LogP contribution in [-0.4, -0.2) is 35.4 Å². The summed E-state index contributed by atoms with van der Waals surface area (Å²) in [5, 5.41) is 11.3. The summed E-state index contributed by atoms with van der Waals surface area (Å²) in [6.45, 7) is 6.38. The first-order chi connectivity index (χ1) is 17.5. The van der Waals surface area contributed by atoms with E-state index in [-0.39, 0.29) is 34.7 Å². The van der Waals surface area contributed by atoms with E-state index >= 15 is 0 Å². The zero-order valence-electron chi connectivity index (χ0n) is 21.2. The van der Waals surface area contributed by atoms with E-state index in [1.54, 1.807) is 12.1 Å². The van der Waals surface area contributed by atoms with Crippen LogP contribution in [0, 0.1) is 11.6 Å². The molecule has 4 rings (SSSR count). The van der Waals surface area contributed by atoms with E-state index in [1.807, 2.05) is 24.3 Å². The third-order valence-corrected chi connectivity index (χ3v) is 6.60. The number of ether oxygens (including phenoxy) is 1. The molecule has 192 valence electrons. The van der Waals surface area contributed by atoms with Gasteiger partial charge in [-0.15, -0.1) is 0 Å². The van der Waals surface area contributed by atoms with Gasteiger partial charge in [0.2, 0.25) is 0 Å². The minimum Gasteiger partial charge on any atom is -0.507 e. The average molecular weight is 506 g/mol. The van der Waals surface area contributed by atoms with Gasteiger partial charge in [-0.2, -0.15) is 0 Å². The Morgan fingerprint density at radius 1 is 0.946 bits per heavy atom. The van der Waals surface area contributed by atoms with E-state index in [0.717, 1.165) is 17.2 Å². The van der Waals surface area contributed by atoms with Gasteiger partial charge in [-0.3, -0.25) is 9.59 Å². The molecule has 37 heavy (non-hydrogen) atoms. The van der Waals surface area contributed by atoms with Crippen molar-refractivity contribution in [2.75, 3.05) is 13.7 Å². The lowest BCUT2D eigenvalue weighted by Gasteiger charge is -2.26. The number of hydrogen-bond acceptors (Lipinski definition) is 4. The first-order valence-corrected chi connectivity index (χ1v) is 12.0. The Kier molecular flexibility index (Phi) is 7.16. The van der Waals surface area contributed by atoms with Gasteiger partial charge < -0.3 is 14.7 Å². The van der Waals surface area contributed by atoms with Crippen LogP contribution in [-0.2, 0) is 21.4 Å². The number of amides is 1. The zero-order valence-corrected chi connectivity index (χ0v) is 21.2. The molecule has 7 heteroatoms. The molecule has 3 aromatic rings. The van der Waals surface area contributed by atoms with Crippen LogP contribution in [0.15, 0.2) is 72.3 Å². The molecule has 0 bridgehead atoms. The van der Waals surface area contributed by atoms with Crippen molar-refractivity contribution in [1.82, 2.24) is 4.90 Å². The Balaban J connectivity index is 1.83. The van der Waals surface area contributed by atoms with Crippen molar-refractivity contribution in [3.05, 3.63) is 106 Å². The fourth-order valence-electron chi connectivity index (χ4n) is 4.53. The Morgan fingerprint density at radius 3 is 2.16 bits per heavy atom. The number of hydrogen-bond donors (Lipinski definition) is 1. The number of aliphatic hydroxyl groups is 1. The lowest BCUT2D eigenvalue weighted by atomic mass is 9.85. The topological polar surface area (TPSA) is 66.8 Å². The summed E-state index contributed by atoms with van der Waals surface area (Å²) in [5.41, 5.74) is 2.20. The minimum absolute atomic E-state index is 0.0182. The third-order valence-electron chi connectivity index (χ3n) is 6.60. The summed E-state index contributed by atoms with van der Waals surface area (Å²) in [7, 11) is 1.37. The van der Waals surface area contributed by atoms with Gasteiger partial charge in [-0.25, -0.2) is 8.78 Å².